The van der Waals surface area contributed by atoms with E-state index in [2.05, 4.69) is 36.0 Å². The first-order valence-electron chi connectivity index (χ1n) is 12.0. The quantitative estimate of drug-likeness (QED) is 0.192. The Bertz CT molecular complexity index is 555. The minimum absolute atomic E-state index is 0.0206. The highest BCUT2D eigenvalue weighted by Crippen LogP contribution is 2.33. The van der Waals surface area contributed by atoms with E-state index < -0.39 is 0 Å². The van der Waals surface area contributed by atoms with Gasteiger partial charge in [0.15, 0.2) is 0 Å². The van der Waals surface area contributed by atoms with Gasteiger partial charge >= 0.3 is 5.97 Å². The Morgan fingerprint density at radius 2 is 1.40 bits per heavy atom. The van der Waals surface area contributed by atoms with E-state index in [9.17, 15) is 4.79 Å². The minimum atomic E-state index is -0.0206. The maximum atomic E-state index is 11.6. The van der Waals surface area contributed by atoms with Gasteiger partial charge in [-0.25, -0.2) is 0 Å². The lowest BCUT2D eigenvalue weighted by atomic mass is 9.89. The fourth-order valence-electron chi connectivity index (χ4n) is 3.56. The molecule has 0 radical (unpaired) electrons. The third-order valence-electron chi connectivity index (χ3n) is 5.55. The summed E-state index contributed by atoms with van der Waals surface area (Å²) in [5.41, 5.74) is 4.27. The van der Waals surface area contributed by atoms with E-state index in [0.29, 0.717) is 13.0 Å². The number of hydrogen-bond donors (Lipinski definition) is 3. The standard InChI is InChI=1S/C25H45N3O2/c1-5-6-15-20-30-23(29)16-11-9-7-8-10-12-17-27-18-13-14-19-28-25-22(3)21(2)24(25)26-4/h26-28H,2-3,5-20H2,1,4H3. The zero-order valence-corrected chi connectivity index (χ0v) is 19.5. The van der Waals surface area contributed by atoms with Crippen LogP contribution in [0.3, 0.4) is 0 Å². The van der Waals surface area contributed by atoms with Gasteiger partial charge < -0.3 is 20.7 Å². The topological polar surface area (TPSA) is 62.4 Å². The first kappa shape index (κ1) is 26.3. The number of hydrogen-bond acceptors (Lipinski definition) is 5. The molecule has 5 heteroatoms. The second-order valence-electron chi connectivity index (χ2n) is 8.14. The van der Waals surface area contributed by atoms with Gasteiger partial charge in [0.05, 0.1) is 18.0 Å². The summed E-state index contributed by atoms with van der Waals surface area (Å²) in [6.07, 6.45) is 13.3. The summed E-state index contributed by atoms with van der Waals surface area (Å²) in [5.74, 6) is -0.0206. The molecule has 30 heavy (non-hydrogen) atoms. The molecule has 0 heterocycles. The SMILES string of the molecule is C=C1C(=C)C(NCCCCNCCCCCCCCC(=O)OCCCCC)=C1NC. The smallest absolute Gasteiger partial charge is 0.305 e. The molecule has 0 aliphatic heterocycles. The second kappa shape index (κ2) is 17.0. The molecule has 0 saturated heterocycles. The van der Waals surface area contributed by atoms with Gasteiger partial charge in [-0.2, -0.15) is 0 Å². The molecule has 1 aliphatic carbocycles. The summed E-state index contributed by atoms with van der Waals surface area (Å²) in [4.78, 5) is 11.6. The summed E-state index contributed by atoms with van der Waals surface area (Å²) in [6.45, 7) is 13.9. The highest BCUT2D eigenvalue weighted by atomic mass is 16.5. The normalized spacial score (nSPS) is 13.4. The molecule has 5 nitrogen and oxygen atoms in total. The molecule has 1 aliphatic rings. The molecule has 0 bridgehead atoms. The molecule has 172 valence electrons. The van der Waals surface area contributed by atoms with Crippen molar-refractivity contribution < 1.29 is 9.53 Å². The van der Waals surface area contributed by atoms with Crippen LogP contribution in [0.1, 0.15) is 84.0 Å². The molecular formula is C25H45N3O2. The summed E-state index contributed by atoms with van der Waals surface area (Å²) >= 11 is 0. The molecule has 0 aromatic carbocycles. The Morgan fingerprint density at radius 1 is 0.800 bits per heavy atom. The predicted octanol–water partition coefficient (Wildman–Crippen LogP) is 4.97. The average Bonchev–Trinajstić information content (AvgIpc) is 2.75. The molecule has 0 atom stereocenters. The number of likely N-dealkylation sites (N-methyl/N-ethyl adjacent to an activating group) is 1. The van der Waals surface area contributed by atoms with Crippen molar-refractivity contribution >= 4 is 5.97 Å². The van der Waals surface area contributed by atoms with E-state index in [1.165, 1.54) is 32.1 Å². The zero-order chi connectivity index (χ0) is 22.0. The fourth-order valence-corrected chi connectivity index (χ4v) is 3.56. The van der Waals surface area contributed by atoms with Crippen LogP contribution in [-0.2, 0) is 9.53 Å². The average molecular weight is 420 g/mol. The van der Waals surface area contributed by atoms with Crippen molar-refractivity contribution in [1.29, 1.82) is 0 Å². The van der Waals surface area contributed by atoms with Crippen LogP contribution in [0.15, 0.2) is 35.7 Å². The molecule has 0 unspecified atom stereocenters. The maximum absolute atomic E-state index is 11.6. The number of nitrogens with one attached hydrogen (secondary N) is 3. The van der Waals surface area contributed by atoms with E-state index >= 15 is 0 Å². The van der Waals surface area contributed by atoms with Gasteiger partial charge in [-0.05, 0) is 45.2 Å². The Balaban J connectivity index is 1.80. The van der Waals surface area contributed by atoms with Crippen molar-refractivity contribution in [2.24, 2.45) is 0 Å². The van der Waals surface area contributed by atoms with E-state index in [-0.39, 0.29) is 5.97 Å². The highest BCUT2D eigenvalue weighted by Gasteiger charge is 2.24. The molecule has 0 aromatic heterocycles. The molecule has 0 spiro atoms. The van der Waals surface area contributed by atoms with Gasteiger partial charge in [0.25, 0.3) is 0 Å². The fraction of sp³-hybridized carbons (Fsp3) is 0.720. The summed E-state index contributed by atoms with van der Waals surface area (Å²) in [6, 6.07) is 0. The monoisotopic (exact) mass is 419 g/mol. The van der Waals surface area contributed by atoms with Crippen molar-refractivity contribution in [2.75, 3.05) is 33.3 Å². The van der Waals surface area contributed by atoms with Crippen LogP contribution in [0.25, 0.3) is 0 Å². The first-order chi connectivity index (χ1) is 14.6. The Labute approximate surface area is 184 Å². The Hall–Kier alpha value is -1.75. The second-order valence-corrected chi connectivity index (χ2v) is 8.14. The van der Waals surface area contributed by atoms with E-state index in [0.717, 1.165) is 80.7 Å². The van der Waals surface area contributed by atoms with Crippen LogP contribution in [-0.4, -0.2) is 39.3 Å². The summed E-state index contributed by atoms with van der Waals surface area (Å²) in [7, 11) is 1.92. The molecule has 0 aromatic rings. The number of rotatable bonds is 20. The van der Waals surface area contributed by atoms with Crippen molar-refractivity contribution in [3.63, 3.8) is 0 Å². The van der Waals surface area contributed by atoms with Gasteiger partial charge in [0.2, 0.25) is 0 Å². The Kier molecular flexibility index (Phi) is 14.9. The van der Waals surface area contributed by atoms with Crippen LogP contribution >= 0.6 is 0 Å². The van der Waals surface area contributed by atoms with Crippen LogP contribution in [0.4, 0.5) is 0 Å². The largest absolute Gasteiger partial charge is 0.466 e. The number of ether oxygens (including phenoxy) is 1. The molecule has 0 saturated carbocycles. The van der Waals surface area contributed by atoms with Gasteiger partial charge in [-0.3, -0.25) is 4.79 Å². The van der Waals surface area contributed by atoms with Crippen LogP contribution < -0.4 is 16.0 Å². The zero-order valence-electron chi connectivity index (χ0n) is 19.5. The molecule has 0 fully saturated rings. The minimum Gasteiger partial charge on any atom is -0.466 e. The number of carbonyl (C=O) groups excluding carboxylic acids is 1. The molecule has 0 amide bonds. The maximum Gasteiger partial charge on any atom is 0.305 e. The van der Waals surface area contributed by atoms with Gasteiger partial charge in [-0.15, -0.1) is 0 Å². The third-order valence-corrected chi connectivity index (χ3v) is 5.55. The first-order valence-corrected chi connectivity index (χ1v) is 12.0. The number of allylic oxidation sites excluding steroid dienone is 2. The van der Waals surface area contributed by atoms with Crippen molar-refractivity contribution in [1.82, 2.24) is 16.0 Å². The van der Waals surface area contributed by atoms with Gasteiger partial charge in [0.1, 0.15) is 0 Å². The Morgan fingerprint density at radius 3 is 2.10 bits per heavy atom. The van der Waals surface area contributed by atoms with Crippen LogP contribution in [0, 0.1) is 0 Å². The molecular weight excluding hydrogens is 374 g/mol. The van der Waals surface area contributed by atoms with Crippen molar-refractivity contribution in [3.05, 3.63) is 35.7 Å². The lowest BCUT2D eigenvalue weighted by molar-refractivity contribution is -0.143. The summed E-state index contributed by atoms with van der Waals surface area (Å²) < 4.78 is 5.23. The molecule has 1 rings (SSSR count). The highest BCUT2D eigenvalue weighted by molar-refractivity contribution is 5.69. The number of esters is 1. The van der Waals surface area contributed by atoms with Crippen LogP contribution in [0.5, 0.6) is 0 Å². The van der Waals surface area contributed by atoms with E-state index in [4.69, 9.17) is 4.74 Å². The van der Waals surface area contributed by atoms with Gasteiger partial charge in [0, 0.05) is 31.2 Å². The third kappa shape index (κ3) is 10.9. The van der Waals surface area contributed by atoms with Crippen molar-refractivity contribution in [2.45, 2.75) is 84.0 Å². The lowest BCUT2D eigenvalue weighted by Gasteiger charge is -2.29. The lowest BCUT2D eigenvalue weighted by Crippen LogP contribution is -2.31. The van der Waals surface area contributed by atoms with Gasteiger partial charge in [-0.1, -0.05) is 58.6 Å². The predicted molar refractivity (Wildman–Crippen MR) is 127 cm³/mol. The van der Waals surface area contributed by atoms with Crippen LogP contribution in [0.2, 0.25) is 0 Å². The molecule has 3 N–H and O–H groups in total. The summed E-state index contributed by atoms with van der Waals surface area (Å²) in [5, 5.41) is 10.2. The number of carbonyl (C=O) groups is 1. The van der Waals surface area contributed by atoms with E-state index in [1.54, 1.807) is 0 Å². The van der Waals surface area contributed by atoms with Crippen molar-refractivity contribution in [3.8, 4) is 0 Å². The van der Waals surface area contributed by atoms with E-state index in [1.807, 2.05) is 7.05 Å². The number of unbranched alkanes of at least 4 members (excludes halogenated alkanes) is 8.